The van der Waals surface area contributed by atoms with E-state index in [9.17, 15) is 4.79 Å². The van der Waals surface area contributed by atoms with Crippen LogP contribution < -0.4 is 5.32 Å². The summed E-state index contributed by atoms with van der Waals surface area (Å²) in [6.45, 7) is 5.66. The molecule has 0 saturated carbocycles. The van der Waals surface area contributed by atoms with Crippen LogP contribution in [0.5, 0.6) is 0 Å². The zero-order chi connectivity index (χ0) is 16.4. The second-order valence-electron chi connectivity index (χ2n) is 6.20. The lowest BCUT2D eigenvalue weighted by molar-refractivity contribution is -0.132. The number of aromatic nitrogens is 4. The molecular weight excluding hydrogens is 292 g/mol. The maximum atomic E-state index is 12.5. The zero-order valence-electron chi connectivity index (χ0n) is 14.0. The molecule has 0 radical (unpaired) electrons. The van der Waals surface area contributed by atoms with E-state index in [0.29, 0.717) is 24.7 Å². The average Bonchev–Trinajstić information content (AvgIpc) is 3.03. The van der Waals surface area contributed by atoms with E-state index >= 15 is 0 Å². The van der Waals surface area contributed by atoms with Crippen LogP contribution in [0.25, 0.3) is 5.78 Å². The molecule has 23 heavy (non-hydrogen) atoms. The van der Waals surface area contributed by atoms with Gasteiger partial charge in [0.15, 0.2) is 0 Å². The van der Waals surface area contributed by atoms with Gasteiger partial charge in [0.2, 0.25) is 5.91 Å². The van der Waals surface area contributed by atoms with Gasteiger partial charge < -0.3 is 10.2 Å². The number of nitrogens with one attached hydrogen (secondary N) is 1. The number of fused-ring (bicyclic) bond motifs is 1. The van der Waals surface area contributed by atoms with Crippen molar-refractivity contribution in [2.45, 2.75) is 45.6 Å². The Morgan fingerprint density at radius 3 is 3.04 bits per heavy atom. The topological polar surface area (TPSA) is 75.4 Å². The van der Waals surface area contributed by atoms with Crippen LogP contribution in [0.15, 0.2) is 6.33 Å². The van der Waals surface area contributed by atoms with Crippen LogP contribution in [0.4, 0.5) is 0 Å². The van der Waals surface area contributed by atoms with Gasteiger partial charge in [0.05, 0.1) is 0 Å². The lowest BCUT2D eigenvalue weighted by Gasteiger charge is -2.32. The van der Waals surface area contributed by atoms with Crippen molar-refractivity contribution in [3.63, 3.8) is 0 Å². The number of carbonyl (C=O) groups is 1. The second-order valence-corrected chi connectivity index (χ2v) is 6.20. The summed E-state index contributed by atoms with van der Waals surface area (Å²) in [5.74, 6) is 0.838. The van der Waals surface area contributed by atoms with E-state index < -0.39 is 0 Å². The molecule has 2 aromatic heterocycles. The van der Waals surface area contributed by atoms with Crippen LogP contribution in [-0.2, 0) is 11.2 Å². The Kier molecular flexibility index (Phi) is 4.56. The molecule has 1 aliphatic heterocycles. The van der Waals surface area contributed by atoms with Gasteiger partial charge in [-0.05, 0) is 45.7 Å². The van der Waals surface area contributed by atoms with Gasteiger partial charge in [0.1, 0.15) is 6.33 Å². The van der Waals surface area contributed by atoms with Gasteiger partial charge in [-0.15, -0.1) is 0 Å². The highest BCUT2D eigenvalue weighted by atomic mass is 16.2. The fourth-order valence-corrected chi connectivity index (χ4v) is 3.35. The highest BCUT2D eigenvalue weighted by Crippen LogP contribution is 2.17. The van der Waals surface area contributed by atoms with Crippen molar-refractivity contribution in [3.05, 3.63) is 23.3 Å². The molecule has 1 unspecified atom stereocenters. The summed E-state index contributed by atoms with van der Waals surface area (Å²) in [4.78, 5) is 23.1. The van der Waals surface area contributed by atoms with Crippen LogP contribution in [0.1, 0.15) is 36.2 Å². The molecule has 2 aromatic rings. The number of hydrogen-bond donors (Lipinski definition) is 1. The van der Waals surface area contributed by atoms with Crippen LogP contribution >= 0.6 is 0 Å². The molecule has 1 amide bonds. The first-order chi connectivity index (χ1) is 11.1. The van der Waals surface area contributed by atoms with E-state index in [-0.39, 0.29) is 5.91 Å². The Labute approximate surface area is 136 Å². The molecular formula is C16H24N6O. The normalized spacial score (nSPS) is 18.6. The van der Waals surface area contributed by atoms with Crippen LogP contribution in [0, 0.1) is 13.8 Å². The molecule has 1 N–H and O–H groups in total. The molecule has 7 heteroatoms. The molecule has 0 aromatic carbocycles. The number of nitrogens with zero attached hydrogens (tertiary/aromatic N) is 5. The van der Waals surface area contributed by atoms with E-state index in [1.807, 2.05) is 25.8 Å². The number of rotatable bonds is 4. The average molecular weight is 316 g/mol. The van der Waals surface area contributed by atoms with Crippen molar-refractivity contribution in [2.75, 3.05) is 20.1 Å². The van der Waals surface area contributed by atoms with Gasteiger partial charge in [-0.25, -0.2) is 9.50 Å². The summed E-state index contributed by atoms with van der Waals surface area (Å²) in [6, 6.07) is 0.421. The number of amides is 1. The van der Waals surface area contributed by atoms with E-state index in [1.54, 1.807) is 4.52 Å². The van der Waals surface area contributed by atoms with E-state index in [0.717, 1.165) is 42.9 Å². The highest BCUT2D eigenvalue weighted by molar-refractivity contribution is 5.76. The smallest absolute Gasteiger partial charge is 0.252 e. The first kappa shape index (κ1) is 15.9. The Morgan fingerprint density at radius 2 is 2.26 bits per heavy atom. The van der Waals surface area contributed by atoms with Crippen molar-refractivity contribution >= 4 is 11.7 Å². The quantitative estimate of drug-likeness (QED) is 0.906. The van der Waals surface area contributed by atoms with E-state index in [4.69, 9.17) is 0 Å². The summed E-state index contributed by atoms with van der Waals surface area (Å²) >= 11 is 0. The third-order valence-electron chi connectivity index (χ3n) is 4.76. The van der Waals surface area contributed by atoms with Crippen molar-refractivity contribution in [1.29, 1.82) is 0 Å². The SMILES string of the molecule is CNC1CCCN(C(=O)CCc2c(C)nc3ncnn3c2C)C1. The second kappa shape index (κ2) is 6.62. The lowest BCUT2D eigenvalue weighted by Crippen LogP contribution is -2.47. The van der Waals surface area contributed by atoms with Crippen LogP contribution in [0.3, 0.4) is 0 Å². The number of piperidine rings is 1. The summed E-state index contributed by atoms with van der Waals surface area (Å²) in [6.07, 6.45) is 4.93. The molecule has 3 rings (SSSR count). The molecule has 1 saturated heterocycles. The Hall–Kier alpha value is -2.02. The largest absolute Gasteiger partial charge is 0.341 e. The number of likely N-dealkylation sites (N-methyl/N-ethyl adjacent to an activating group) is 1. The Balaban J connectivity index is 1.69. The molecule has 7 nitrogen and oxygen atoms in total. The molecule has 0 aliphatic carbocycles. The van der Waals surface area contributed by atoms with Crippen LogP contribution in [-0.4, -0.2) is 56.6 Å². The molecule has 0 bridgehead atoms. The molecule has 1 atom stereocenters. The number of hydrogen-bond acceptors (Lipinski definition) is 5. The third-order valence-corrected chi connectivity index (χ3v) is 4.76. The number of aryl methyl sites for hydroxylation is 2. The number of likely N-dealkylation sites (tertiary alicyclic amines) is 1. The van der Waals surface area contributed by atoms with Crippen molar-refractivity contribution < 1.29 is 4.79 Å². The van der Waals surface area contributed by atoms with Crippen molar-refractivity contribution in [1.82, 2.24) is 29.8 Å². The summed E-state index contributed by atoms with van der Waals surface area (Å²) in [5, 5.41) is 7.47. The van der Waals surface area contributed by atoms with Crippen molar-refractivity contribution in [2.24, 2.45) is 0 Å². The summed E-state index contributed by atoms with van der Waals surface area (Å²) in [5.41, 5.74) is 3.05. The maximum absolute atomic E-state index is 12.5. The zero-order valence-corrected chi connectivity index (χ0v) is 14.0. The maximum Gasteiger partial charge on any atom is 0.252 e. The summed E-state index contributed by atoms with van der Waals surface area (Å²) < 4.78 is 1.74. The van der Waals surface area contributed by atoms with Crippen LogP contribution in [0.2, 0.25) is 0 Å². The number of carbonyl (C=O) groups excluding carboxylic acids is 1. The van der Waals surface area contributed by atoms with Gasteiger partial charge in [-0.3, -0.25) is 4.79 Å². The van der Waals surface area contributed by atoms with Gasteiger partial charge in [0.25, 0.3) is 5.78 Å². The molecule has 3 heterocycles. The third kappa shape index (κ3) is 3.19. The minimum atomic E-state index is 0.224. The monoisotopic (exact) mass is 316 g/mol. The first-order valence-corrected chi connectivity index (χ1v) is 8.21. The Morgan fingerprint density at radius 1 is 1.43 bits per heavy atom. The highest BCUT2D eigenvalue weighted by Gasteiger charge is 2.22. The minimum absolute atomic E-state index is 0.224. The minimum Gasteiger partial charge on any atom is -0.341 e. The van der Waals surface area contributed by atoms with Gasteiger partial charge in [0, 0.05) is 36.9 Å². The lowest BCUT2D eigenvalue weighted by atomic mass is 10.0. The van der Waals surface area contributed by atoms with Gasteiger partial charge >= 0.3 is 0 Å². The van der Waals surface area contributed by atoms with E-state index in [2.05, 4.69) is 20.4 Å². The van der Waals surface area contributed by atoms with Crippen molar-refractivity contribution in [3.8, 4) is 0 Å². The van der Waals surface area contributed by atoms with E-state index in [1.165, 1.54) is 6.33 Å². The molecule has 1 fully saturated rings. The fourth-order valence-electron chi connectivity index (χ4n) is 3.35. The Bertz CT molecular complexity index is 710. The summed E-state index contributed by atoms with van der Waals surface area (Å²) in [7, 11) is 1.96. The first-order valence-electron chi connectivity index (χ1n) is 8.21. The predicted octanol–water partition coefficient (Wildman–Crippen LogP) is 0.884. The molecule has 1 aliphatic rings. The standard InChI is InChI=1S/C16H24N6O/c1-11-14(12(2)22-16(20-11)18-10-19-22)6-7-15(23)21-8-4-5-13(9-21)17-3/h10,13,17H,4-9H2,1-3H3. The van der Waals surface area contributed by atoms with Gasteiger partial charge in [-0.2, -0.15) is 10.1 Å². The molecule has 124 valence electrons. The fraction of sp³-hybridized carbons (Fsp3) is 0.625. The molecule has 0 spiro atoms. The van der Waals surface area contributed by atoms with Gasteiger partial charge in [-0.1, -0.05) is 0 Å². The predicted molar refractivity (Wildman–Crippen MR) is 87.2 cm³/mol.